The SMILES string of the molecule is Cc1ccc(C)c2[se]nnc12. The molecule has 0 radical (unpaired) electrons. The molecule has 0 aliphatic carbocycles. The van der Waals surface area contributed by atoms with Gasteiger partial charge >= 0.3 is 70.8 Å². The Morgan fingerprint density at radius 1 is 1.18 bits per heavy atom. The van der Waals surface area contributed by atoms with E-state index in [1.807, 2.05) is 0 Å². The van der Waals surface area contributed by atoms with Crippen LogP contribution >= 0.6 is 0 Å². The molecule has 0 atom stereocenters. The normalized spacial score (nSPS) is 10.7. The number of hydrogen-bond donors (Lipinski definition) is 0. The minimum absolute atomic E-state index is 0.242. The molecule has 0 bridgehead atoms. The van der Waals surface area contributed by atoms with E-state index in [0.717, 1.165) is 5.52 Å². The molecular weight excluding hydrogens is 203 g/mol. The third-order valence-corrected chi connectivity index (χ3v) is 3.61. The molecule has 0 spiro atoms. The van der Waals surface area contributed by atoms with Gasteiger partial charge in [-0.3, -0.25) is 0 Å². The second-order valence-corrected chi connectivity index (χ2v) is 4.23. The summed E-state index contributed by atoms with van der Waals surface area (Å²) in [7, 11) is 0. The molecule has 1 aromatic heterocycles. The zero-order valence-electron chi connectivity index (χ0n) is 6.46. The van der Waals surface area contributed by atoms with Gasteiger partial charge in [0.15, 0.2) is 0 Å². The van der Waals surface area contributed by atoms with Crippen LogP contribution in [0.25, 0.3) is 9.78 Å². The van der Waals surface area contributed by atoms with Gasteiger partial charge in [0.05, 0.1) is 0 Å². The van der Waals surface area contributed by atoms with Gasteiger partial charge in [-0.15, -0.1) is 0 Å². The second-order valence-electron chi connectivity index (χ2n) is 2.65. The van der Waals surface area contributed by atoms with E-state index in [1.165, 1.54) is 15.4 Å². The van der Waals surface area contributed by atoms with Crippen LogP contribution in [0.1, 0.15) is 11.1 Å². The summed E-state index contributed by atoms with van der Waals surface area (Å²) in [6.07, 6.45) is 0. The molecule has 3 heteroatoms. The van der Waals surface area contributed by atoms with Crippen molar-refractivity contribution in [1.82, 2.24) is 9.19 Å². The molecule has 1 heterocycles. The van der Waals surface area contributed by atoms with Gasteiger partial charge in [0.1, 0.15) is 0 Å². The van der Waals surface area contributed by atoms with Crippen LogP contribution in [-0.2, 0) is 0 Å². The summed E-state index contributed by atoms with van der Waals surface area (Å²) in [5.74, 6) is 0. The first-order chi connectivity index (χ1) is 5.29. The first kappa shape index (κ1) is 7.01. The van der Waals surface area contributed by atoms with Crippen LogP contribution in [0.2, 0.25) is 0 Å². The molecule has 0 aliphatic heterocycles. The first-order valence-corrected chi connectivity index (χ1v) is 5.09. The van der Waals surface area contributed by atoms with Crippen molar-refractivity contribution in [2.45, 2.75) is 13.8 Å². The predicted molar refractivity (Wildman–Crippen MR) is 46.0 cm³/mol. The first-order valence-electron chi connectivity index (χ1n) is 3.47. The number of fused-ring (bicyclic) bond motifs is 1. The molecule has 2 aromatic rings. The maximum atomic E-state index is 4.11. The molecule has 0 N–H and O–H groups in total. The van der Waals surface area contributed by atoms with Gasteiger partial charge in [0, 0.05) is 0 Å². The summed E-state index contributed by atoms with van der Waals surface area (Å²) >= 11 is 0.242. The number of hydrogen-bond acceptors (Lipinski definition) is 2. The zero-order chi connectivity index (χ0) is 7.84. The fourth-order valence-corrected chi connectivity index (χ4v) is 2.59. The Balaban J connectivity index is 2.96. The van der Waals surface area contributed by atoms with Crippen LogP contribution in [-0.4, -0.2) is 23.9 Å². The van der Waals surface area contributed by atoms with E-state index in [4.69, 9.17) is 0 Å². The number of aromatic nitrogens is 2. The van der Waals surface area contributed by atoms with Crippen molar-refractivity contribution in [2.24, 2.45) is 0 Å². The van der Waals surface area contributed by atoms with Gasteiger partial charge in [0.25, 0.3) is 0 Å². The molecule has 2 rings (SSSR count). The molecule has 0 fully saturated rings. The van der Waals surface area contributed by atoms with E-state index >= 15 is 0 Å². The van der Waals surface area contributed by atoms with Crippen molar-refractivity contribution in [2.75, 3.05) is 0 Å². The van der Waals surface area contributed by atoms with Crippen molar-refractivity contribution < 1.29 is 0 Å². The number of nitrogens with zero attached hydrogens (tertiary/aromatic N) is 2. The summed E-state index contributed by atoms with van der Waals surface area (Å²) in [4.78, 5) is 0. The number of aryl methyl sites for hydroxylation is 2. The van der Waals surface area contributed by atoms with Crippen LogP contribution in [0.15, 0.2) is 12.1 Å². The van der Waals surface area contributed by atoms with Gasteiger partial charge in [-0.05, 0) is 0 Å². The van der Waals surface area contributed by atoms with Crippen molar-refractivity contribution in [3.8, 4) is 0 Å². The average molecular weight is 211 g/mol. The standard InChI is InChI=1S/C8H8N2Se/c1-5-3-4-6(2)8-7(5)9-10-11-8/h3-4H,1-2H3. The third kappa shape index (κ3) is 1.01. The molecule has 0 amide bonds. The average Bonchev–Trinajstić information content (AvgIpc) is 2.45. The molecule has 1 aromatic carbocycles. The van der Waals surface area contributed by atoms with Gasteiger partial charge in [-0.25, -0.2) is 0 Å². The van der Waals surface area contributed by atoms with E-state index < -0.39 is 0 Å². The summed E-state index contributed by atoms with van der Waals surface area (Å²) in [5, 5.41) is 4.11. The Morgan fingerprint density at radius 3 is 2.64 bits per heavy atom. The maximum absolute atomic E-state index is 4.11. The number of rotatable bonds is 0. The molecule has 0 aliphatic rings. The summed E-state index contributed by atoms with van der Waals surface area (Å²) in [6.45, 7) is 4.20. The van der Waals surface area contributed by atoms with E-state index in [9.17, 15) is 0 Å². The third-order valence-electron chi connectivity index (χ3n) is 1.80. The van der Waals surface area contributed by atoms with E-state index in [1.54, 1.807) is 0 Å². The minimum atomic E-state index is 0.242. The van der Waals surface area contributed by atoms with Crippen molar-refractivity contribution in [3.63, 3.8) is 0 Å². The van der Waals surface area contributed by atoms with Crippen LogP contribution in [0.3, 0.4) is 0 Å². The Hall–Kier alpha value is -0.661. The molecule has 56 valence electrons. The van der Waals surface area contributed by atoms with E-state index in [2.05, 4.69) is 35.2 Å². The quantitative estimate of drug-likeness (QED) is 0.614. The molecule has 0 saturated heterocycles. The zero-order valence-corrected chi connectivity index (χ0v) is 8.17. The molecule has 11 heavy (non-hydrogen) atoms. The Kier molecular flexibility index (Phi) is 1.55. The van der Waals surface area contributed by atoms with E-state index in [0.29, 0.717) is 0 Å². The van der Waals surface area contributed by atoms with E-state index in [-0.39, 0.29) is 14.7 Å². The summed E-state index contributed by atoms with van der Waals surface area (Å²) in [5.41, 5.74) is 3.69. The van der Waals surface area contributed by atoms with Gasteiger partial charge in [-0.1, -0.05) is 0 Å². The van der Waals surface area contributed by atoms with Crippen molar-refractivity contribution in [1.29, 1.82) is 0 Å². The van der Waals surface area contributed by atoms with Crippen LogP contribution in [0.5, 0.6) is 0 Å². The fraction of sp³-hybridized carbons (Fsp3) is 0.250. The molecule has 0 saturated carbocycles. The second kappa shape index (κ2) is 2.43. The van der Waals surface area contributed by atoms with Gasteiger partial charge in [-0.2, -0.15) is 0 Å². The summed E-state index contributed by atoms with van der Waals surface area (Å²) in [6, 6.07) is 4.25. The van der Waals surface area contributed by atoms with Gasteiger partial charge < -0.3 is 0 Å². The fourth-order valence-electron chi connectivity index (χ4n) is 1.11. The Bertz CT molecular complexity index is 356. The van der Waals surface area contributed by atoms with Crippen LogP contribution in [0, 0.1) is 13.8 Å². The Morgan fingerprint density at radius 2 is 1.91 bits per heavy atom. The topological polar surface area (TPSA) is 25.8 Å². The predicted octanol–water partition coefficient (Wildman–Crippen LogP) is 1.30. The monoisotopic (exact) mass is 212 g/mol. The molecular formula is C8H8N2Se. The van der Waals surface area contributed by atoms with Crippen molar-refractivity contribution >= 4 is 24.5 Å². The van der Waals surface area contributed by atoms with Crippen LogP contribution in [0.4, 0.5) is 0 Å². The Labute approximate surface area is 71.2 Å². The molecule has 0 unspecified atom stereocenters. The van der Waals surface area contributed by atoms with Crippen LogP contribution < -0.4 is 0 Å². The number of benzene rings is 1. The molecule has 2 nitrogen and oxygen atoms in total. The summed E-state index contributed by atoms with van der Waals surface area (Å²) < 4.78 is 5.42. The van der Waals surface area contributed by atoms with Gasteiger partial charge in [0.2, 0.25) is 0 Å². The van der Waals surface area contributed by atoms with Crippen molar-refractivity contribution in [3.05, 3.63) is 23.3 Å².